The highest BCUT2D eigenvalue weighted by Gasteiger charge is 2.39. The van der Waals surface area contributed by atoms with Gasteiger partial charge in [0.2, 0.25) is 0 Å². The average molecular weight is 330 g/mol. The summed E-state index contributed by atoms with van der Waals surface area (Å²) in [6, 6.07) is 9.87. The molecule has 0 unspecified atom stereocenters. The Morgan fingerprint density at radius 1 is 1.29 bits per heavy atom. The number of nitrogens with one attached hydrogen (secondary N) is 1. The largest absolute Gasteiger partial charge is 0.454 e. The molecular formula is C17H18N2O5. The van der Waals surface area contributed by atoms with Crippen molar-refractivity contribution in [2.24, 2.45) is 0 Å². The number of rotatable bonds is 4. The summed E-state index contributed by atoms with van der Waals surface area (Å²) in [5.41, 5.74) is -0.644. The first-order valence-corrected chi connectivity index (χ1v) is 7.81. The van der Waals surface area contributed by atoms with E-state index in [9.17, 15) is 14.4 Å². The molecule has 7 nitrogen and oxygen atoms in total. The van der Waals surface area contributed by atoms with E-state index in [0.717, 1.165) is 6.42 Å². The number of ether oxygens (including phenoxy) is 2. The Morgan fingerprint density at radius 2 is 2.04 bits per heavy atom. The van der Waals surface area contributed by atoms with Crippen LogP contribution in [-0.4, -0.2) is 27.7 Å². The van der Waals surface area contributed by atoms with Crippen molar-refractivity contribution in [3.63, 3.8) is 0 Å². The van der Waals surface area contributed by atoms with E-state index in [1.807, 2.05) is 13.0 Å². The molecule has 3 rings (SSSR count). The predicted molar refractivity (Wildman–Crippen MR) is 85.8 cm³/mol. The minimum absolute atomic E-state index is 0.123. The summed E-state index contributed by atoms with van der Waals surface area (Å²) in [5, 5.41) is 0. The lowest BCUT2D eigenvalue weighted by Crippen LogP contribution is -2.36. The van der Waals surface area contributed by atoms with E-state index in [1.54, 1.807) is 24.3 Å². The number of aromatic amines is 1. The van der Waals surface area contributed by atoms with Crippen molar-refractivity contribution >= 4 is 5.97 Å². The van der Waals surface area contributed by atoms with Gasteiger partial charge in [0.15, 0.2) is 6.23 Å². The third-order valence-corrected chi connectivity index (χ3v) is 3.99. The summed E-state index contributed by atoms with van der Waals surface area (Å²) in [5.74, 6) is -0.469. The van der Waals surface area contributed by atoms with Crippen LogP contribution < -0.4 is 11.2 Å². The van der Waals surface area contributed by atoms with Crippen LogP contribution in [-0.2, 0) is 9.47 Å². The van der Waals surface area contributed by atoms with E-state index in [0.29, 0.717) is 12.0 Å². The second-order valence-corrected chi connectivity index (χ2v) is 5.62. The van der Waals surface area contributed by atoms with Gasteiger partial charge in [-0.3, -0.25) is 14.3 Å². The Labute approximate surface area is 137 Å². The zero-order chi connectivity index (χ0) is 17.1. The van der Waals surface area contributed by atoms with Gasteiger partial charge in [0.05, 0.1) is 11.7 Å². The Morgan fingerprint density at radius 3 is 2.71 bits per heavy atom. The number of esters is 1. The Bertz CT molecular complexity index is 827. The lowest BCUT2D eigenvalue weighted by molar-refractivity contribution is -0.0508. The molecule has 1 aromatic carbocycles. The van der Waals surface area contributed by atoms with Crippen molar-refractivity contribution < 1.29 is 14.3 Å². The van der Waals surface area contributed by atoms with Gasteiger partial charge in [-0.25, -0.2) is 9.59 Å². The molecule has 126 valence electrons. The molecule has 1 fully saturated rings. The molecular weight excluding hydrogens is 312 g/mol. The molecule has 24 heavy (non-hydrogen) atoms. The van der Waals surface area contributed by atoms with Gasteiger partial charge in [0.1, 0.15) is 6.10 Å². The first kappa shape index (κ1) is 16.2. The van der Waals surface area contributed by atoms with Gasteiger partial charge >= 0.3 is 11.7 Å². The van der Waals surface area contributed by atoms with Crippen molar-refractivity contribution in [2.75, 3.05) is 0 Å². The SMILES string of the molecule is CC[C@@H]1C[C@H](OC(=O)c2ccccc2)[C@H](n2ccc(=O)[nH]c2=O)O1. The van der Waals surface area contributed by atoms with Crippen molar-refractivity contribution in [3.8, 4) is 0 Å². The van der Waals surface area contributed by atoms with E-state index in [4.69, 9.17) is 9.47 Å². The summed E-state index contributed by atoms with van der Waals surface area (Å²) < 4.78 is 12.6. The summed E-state index contributed by atoms with van der Waals surface area (Å²) in [6.45, 7) is 1.96. The maximum absolute atomic E-state index is 12.3. The molecule has 2 heterocycles. The van der Waals surface area contributed by atoms with Crippen LogP contribution in [0.4, 0.5) is 0 Å². The van der Waals surface area contributed by atoms with Crippen LogP contribution >= 0.6 is 0 Å². The van der Waals surface area contributed by atoms with Crippen molar-refractivity contribution in [3.05, 3.63) is 69.0 Å². The molecule has 0 radical (unpaired) electrons. The summed E-state index contributed by atoms with van der Waals surface area (Å²) in [7, 11) is 0. The fraction of sp³-hybridized carbons (Fsp3) is 0.353. The van der Waals surface area contributed by atoms with Gasteiger partial charge in [-0.1, -0.05) is 25.1 Å². The first-order valence-electron chi connectivity index (χ1n) is 7.81. The van der Waals surface area contributed by atoms with Crippen LogP contribution in [0, 0.1) is 0 Å². The van der Waals surface area contributed by atoms with E-state index in [1.165, 1.54) is 16.8 Å². The number of carbonyl (C=O) groups is 1. The van der Waals surface area contributed by atoms with E-state index < -0.39 is 29.6 Å². The highest BCUT2D eigenvalue weighted by molar-refractivity contribution is 5.89. The zero-order valence-corrected chi connectivity index (χ0v) is 13.2. The van der Waals surface area contributed by atoms with Crippen LogP contribution in [0.5, 0.6) is 0 Å². The van der Waals surface area contributed by atoms with Gasteiger partial charge in [-0.05, 0) is 18.6 Å². The van der Waals surface area contributed by atoms with E-state index in [-0.39, 0.29) is 6.10 Å². The number of hydrogen-bond acceptors (Lipinski definition) is 5. The van der Waals surface area contributed by atoms with Crippen LogP contribution in [0.1, 0.15) is 36.4 Å². The van der Waals surface area contributed by atoms with E-state index in [2.05, 4.69) is 4.98 Å². The third-order valence-electron chi connectivity index (χ3n) is 3.99. The zero-order valence-electron chi connectivity index (χ0n) is 13.2. The Balaban J connectivity index is 1.85. The van der Waals surface area contributed by atoms with Crippen molar-refractivity contribution in [2.45, 2.75) is 38.2 Å². The molecule has 0 saturated carbocycles. The van der Waals surface area contributed by atoms with Crippen molar-refractivity contribution in [1.82, 2.24) is 9.55 Å². The quantitative estimate of drug-likeness (QED) is 0.857. The minimum atomic E-state index is -0.757. The summed E-state index contributed by atoms with van der Waals surface area (Å²) >= 11 is 0. The number of carbonyl (C=O) groups excluding carboxylic acids is 1. The Hall–Kier alpha value is -2.67. The molecule has 2 aromatic rings. The molecule has 1 N–H and O–H groups in total. The molecule has 1 aromatic heterocycles. The van der Waals surface area contributed by atoms with Crippen LogP contribution in [0.15, 0.2) is 52.2 Å². The van der Waals surface area contributed by atoms with Gasteiger partial charge in [-0.15, -0.1) is 0 Å². The first-order chi connectivity index (χ1) is 11.6. The lowest BCUT2D eigenvalue weighted by Gasteiger charge is -2.20. The van der Waals surface area contributed by atoms with Crippen LogP contribution in [0.3, 0.4) is 0 Å². The molecule has 1 aliphatic heterocycles. The molecule has 3 atom stereocenters. The maximum Gasteiger partial charge on any atom is 0.338 e. The Kier molecular flexibility index (Phi) is 4.61. The summed E-state index contributed by atoms with van der Waals surface area (Å²) in [6.07, 6.45) is 1.09. The number of H-pyrrole nitrogens is 1. The van der Waals surface area contributed by atoms with Gasteiger partial charge < -0.3 is 9.47 Å². The van der Waals surface area contributed by atoms with E-state index >= 15 is 0 Å². The van der Waals surface area contributed by atoms with Gasteiger partial charge in [0, 0.05) is 18.7 Å². The standard InChI is InChI=1S/C17H18N2O5/c1-2-12-10-13(24-16(21)11-6-4-3-5-7-11)15(23-12)19-9-8-14(20)18-17(19)22/h3-9,12-13,15H,2,10H2,1H3,(H,18,20,22)/t12-,13+,15-/m1/s1. The van der Waals surface area contributed by atoms with Gasteiger partial charge in [0.25, 0.3) is 5.56 Å². The molecule has 0 spiro atoms. The monoisotopic (exact) mass is 330 g/mol. The topological polar surface area (TPSA) is 90.4 Å². The number of aromatic nitrogens is 2. The number of nitrogens with zero attached hydrogens (tertiary/aromatic N) is 1. The average Bonchev–Trinajstić information content (AvgIpc) is 2.98. The smallest absolute Gasteiger partial charge is 0.338 e. The summed E-state index contributed by atoms with van der Waals surface area (Å²) in [4.78, 5) is 37.7. The molecule has 7 heteroatoms. The van der Waals surface area contributed by atoms with Crippen LogP contribution in [0.25, 0.3) is 0 Å². The third kappa shape index (κ3) is 3.30. The predicted octanol–water partition coefficient (Wildman–Crippen LogP) is 1.46. The lowest BCUT2D eigenvalue weighted by atomic mass is 10.1. The minimum Gasteiger partial charge on any atom is -0.454 e. The number of benzene rings is 1. The second-order valence-electron chi connectivity index (χ2n) is 5.62. The molecule has 1 saturated heterocycles. The fourth-order valence-corrected chi connectivity index (χ4v) is 2.74. The molecule has 0 bridgehead atoms. The fourth-order valence-electron chi connectivity index (χ4n) is 2.74. The van der Waals surface area contributed by atoms with Gasteiger partial charge in [-0.2, -0.15) is 0 Å². The highest BCUT2D eigenvalue weighted by Crippen LogP contribution is 2.32. The van der Waals surface area contributed by atoms with Crippen LogP contribution in [0.2, 0.25) is 0 Å². The molecule has 1 aliphatic rings. The number of hydrogen-bond donors (Lipinski definition) is 1. The highest BCUT2D eigenvalue weighted by atomic mass is 16.6. The normalized spacial score (nSPS) is 23.1. The molecule has 0 amide bonds. The molecule has 0 aliphatic carbocycles. The van der Waals surface area contributed by atoms with Crippen molar-refractivity contribution in [1.29, 1.82) is 0 Å². The maximum atomic E-state index is 12.3. The second kappa shape index (κ2) is 6.84.